The van der Waals surface area contributed by atoms with Crippen LogP contribution in [-0.2, 0) is 0 Å². The number of rotatable bonds is 4. The van der Waals surface area contributed by atoms with E-state index >= 15 is 0 Å². The molecule has 3 nitrogen and oxygen atoms in total. The first-order valence-electron chi connectivity index (χ1n) is 7.42. The summed E-state index contributed by atoms with van der Waals surface area (Å²) >= 11 is 0. The van der Waals surface area contributed by atoms with Gasteiger partial charge in [0.1, 0.15) is 5.82 Å². The molecule has 112 valence electrons. The molecule has 3 atom stereocenters. The molecule has 1 aromatic rings. The highest BCUT2D eigenvalue weighted by Gasteiger charge is 2.29. The molecule has 0 spiro atoms. The van der Waals surface area contributed by atoms with Crippen molar-refractivity contribution in [3.63, 3.8) is 0 Å². The molecule has 2 rings (SSSR count). The molecule has 1 heterocycles. The Morgan fingerprint density at radius 1 is 1.20 bits per heavy atom. The van der Waals surface area contributed by atoms with Crippen molar-refractivity contribution in [1.82, 2.24) is 4.90 Å². The number of nitrogens with zero attached hydrogens (tertiary/aromatic N) is 1. The average Bonchev–Trinajstić information content (AvgIpc) is 2.41. The van der Waals surface area contributed by atoms with Gasteiger partial charge in [0.2, 0.25) is 0 Å². The molecule has 0 aromatic heterocycles. The topological polar surface area (TPSA) is 49.5 Å². The van der Waals surface area contributed by atoms with Crippen molar-refractivity contribution >= 4 is 0 Å². The van der Waals surface area contributed by atoms with E-state index in [0.29, 0.717) is 5.92 Å². The number of aliphatic hydroxyl groups is 1. The van der Waals surface area contributed by atoms with Crippen molar-refractivity contribution in [3.05, 3.63) is 35.6 Å². The number of halogens is 1. The van der Waals surface area contributed by atoms with E-state index in [2.05, 4.69) is 4.90 Å². The molecule has 0 aliphatic carbocycles. The Kier molecular flexibility index (Phi) is 5.13. The summed E-state index contributed by atoms with van der Waals surface area (Å²) in [5.41, 5.74) is 7.21. The Balaban J connectivity index is 2.09. The zero-order valence-electron chi connectivity index (χ0n) is 12.3. The highest BCUT2D eigenvalue weighted by atomic mass is 19.1. The molecule has 1 aromatic carbocycles. The fraction of sp³-hybridized carbons (Fsp3) is 0.625. The van der Waals surface area contributed by atoms with Gasteiger partial charge in [-0.1, -0.05) is 12.1 Å². The van der Waals surface area contributed by atoms with E-state index in [1.54, 1.807) is 0 Å². The molecular formula is C16H25FN2O. The van der Waals surface area contributed by atoms with E-state index in [0.717, 1.165) is 31.5 Å². The monoisotopic (exact) mass is 280 g/mol. The van der Waals surface area contributed by atoms with Gasteiger partial charge in [0, 0.05) is 12.1 Å². The van der Waals surface area contributed by atoms with Crippen LogP contribution in [0.2, 0.25) is 0 Å². The number of benzene rings is 1. The smallest absolute Gasteiger partial charge is 0.123 e. The van der Waals surface area contributed by atoms with Gasteiger partial charge in [-0.05, 0) is 63.4 Å². The lowest BCUT2D eigenvalue weighted by Crippen LogP contribution is -2.45. The minimum absolute atomic E-state index is 0.0106. The second-order valence-electron chi connectivity index (χ2n) is 5.97. The SMILES string of the molecule is CC(N)C(c1ccc(F)cc1)N1CCC(C(C)O)CC1. The fourth-order valence-electron chi connectivity index (χ4n) is 3.19. The largest absolute Gasteiger partial charge is 0.393 e. The van der Waals surface area contributed by atoms with Crippen LogP contribution in [0.4, 0.5) is 4.39 Å². The summed E-state index contributed by atoms with van der Waals surface area (Å²) in [6.07, 6.45) is 1.74. The zero-order valence-corrected chi connectivity index (χ0v) is 12.3. The third kappa shape index (κ3) is 3.57. The van der Waals surface area contributed by atoms with Crippen LogP contribution in [0.5, 0.6) is 0 Å². The van der Waals surface area contributed by atoms with Gasteiger partial charge >= 0.3 is 0 Å². The van der Waals surface area contributed by atoms with Gasteiger partial charge in [0.15, 0.2) is 0 Å². The van der Waals surface area contributed by atoms with E-state index in [9.17, 15) is 9.50 Å². The fourth-order valence-corrected chi connectivity index (χ4v) is 3.19. The Morgan fingerprint density at radius 3 is 2.20 bits per heavy atom. The number of likely N-dealkylation sites (tertiary alicyclic amines) is 1. The van der Waals surface area contributed by atoms with Gasteiger partial charge in [-0.3, -0.25) is 4.90 Å². The van der Waals surface area contributed by atoms with Crippen molar-refractivity contribution < 1.29 is 9.50 Å². The van der Waals surface area contributed by atoms with Crippen LogP contribution in [0, 0.1) is 11.7 Å². The minimum atomic E-state index is -0.239. The number of aliphatic hydroxyl groups excluding tert-OH is 1. The van der Waals surface area contributed by atoms with Gasteiger partial charge in [0.25, 0.3) is 0 Å². The molecule has 0 radical (unpaired) electrons. The number of piperidine rings is 1. The lowest BCUT2D eigenvalue weighted by atomic mass is 9.89. The van der Waals surface area contributed by atoms with Crippen LogP contribution in [0.25, 0.3) is 0 Å². The van der Waals surface area contributed by atoms with E-state index in [1.165, 1.54) is 12.1 Å². The van der Waals surface area contributed by atoms with Gasteiger partial charge in [0.05, 0.1) is 6.10 Å². The molecule has 0 saturated carbocycles. The number of hydrogen-bond donors (Lipinski definition) is 2. The Morgan fingerprint density at radius 2 is 1.75 bits per heavy atom. The quantitative estimate of drug-likeness (QED) is 0.890. The molecule has 1 aliphatic rings. The summed E-state index contributed by atoms with van der Waals surface area (Å²) < 4.78 is 13.1. The number of nitrogens with two attached hydrogens (primary N) is 1. The van der Waals surface area contributed by atoms with Crippen molar-refractivity contribution in [2.24, 2.45) is 11.7 Å². The third-order valence-corrected chi connectivity index (χ3v) is 4.36. The molecule has 1 aliphatic heterocycles. The molecule has 1 saturated heterocycles. The molecule has 0 amide bonds. The van der Waals surface area contributed by atoms with Crippen LogP contribution in [0.15, 0.2) is 24.3 Å². The minimum Gasteiger partial charge on any atom is -0.393 e. The summed E-state index contributed by atoms with van der Waals surface area (Å²) in [6.45, 7) is 5.72. The lowest BCUT2D eigenvalue weighted by Gasteiger charge is -2.40. The molecule has 0 bridgehead atoms. The molecule has 4 heteroatoms. The van der Waals surface area contributed by atoms with Crippen LogP contribution in [0.3, 0.4) is 0 Å². The Hall–Kier alpha value is -0.970. The van der Waals surface area contributed by atoms with Gasteiger partial charge in [-0.25, -0.2) is 4.39 Å². The highest BCUT2D eigenvalue weighted by Crippen LogP contribution is 2.30. The summed E-state index contributed by atoms with van der Waals surface area (Å²) in [5, 5.41) is 9.67. The van der Waals surface area contributed by atoms with E-state index in [1.807, 2.05) is 26.0 Å². The van der Waals surface area contributed by atoms with Crippen molar-refractivity contribution in [2.45, 2.75) is 44.9 Å². The molecule has 3 unspecified atom stereocenters. The number of hydrogen-bond acceptors (Lipinski definition) is 3. The normalized spacial score (nSPS) is 22.4. The summed E-state index contributed by atoms with van der Waals surface area (Å²) in [5.74, 6) is 0.165. The first-order valence-corrected chi connectivity index (χ1v) is 7.42. The Labute approximate surface area is 120 Å². The van der Waals surface area contributed by atoms with E-state index in [-0.39, 0.29) is 24.0 Å². The highest BCUT2D eigenvalue weighted by molar-refractivity contribution is 5.21. The van der Waals surface area contributed by atoms with Gasteiger partial charge < -0.3 is 10.8 Å². The van der Waals surface area contributed by atoms with E-state index in [4.69, 9.17) is 5.73 Å². The summed E-state index contributed by atoms with van der Waals surface area (Å²) in [6, 6.07) is 6.74. The first kappa shape index (κ1) is 15.4. The second-order valence-corrected chi connectivity index (χ2v) is 5.97. The predicted octanol–water partition coefficient (Wildman–Crippen LogP) is 2.31. The lowest BCUT2D eigenvalue weighted by molar-refractivity contribution is 0.0511. The molecule has 20 heavy (non-hydrogen) atoms. The maximum atomic E-state index is 13.1. The first-order chi connectivity index (χ1) is 9.49. The van der Waals surface area contributed by atoms with Crippen LogP contribution in [-0.4, -0.2) is 35.2 Å². The van der Waals surface area contributed by atoms with Crippen molar-refractivity contribution in [1.29, 1.82) is 0 Å². The van der Waals surface area contributed by atoms with E-state index < -0.39 is 0 Å². The van der Waals surface area contributed by atoms with Crippen molar-refractivity contribution in [3.8, 4) is 0 Å². The zero-order chi connectivity index (χ0) is 14.7. The van der Waals surface area contributed by atoms with Gasteiger partial charge in [-0.15, -0.1) is 0 Å². The molecule has 3 N–H and O–H groups in total. The van der Waals surface area contributed by atoms with Crippen LogP contribution in [0.1, 0.15) is 38.3 Å². The van der Waals surface area contributed by atoms with Gasteiger partial charge in [-0.2, -0.15) is 0 Å². The Bertz CT molecular complexity index is 411. The third-order valence-electron chi connectivity index (χ3n) is 4.36. The maximum absolute atomic E-state index is 13.1. The van der Waals surface area contributed by atoms with Crippen LogP contribution >= 0.6 is 0 Å². The van der Waals surface area contributed by atoms with Crippen molar-refractivity contribution in [2.75, 3.05) is 13.1 Å². The standard InChI is InChI=1S/C16H25FN2O/c1-11(18)16(14-3-5-15(17)6-4-14)19-9-7-13(8-10-19)12(2)20/h3-6,11-13,16,20H,7-10,18H2,1-2H3. The summed E-state index contributed by atoms with van der Waals surface area (Å²) in [7, 11) is 0. The second kappa shape index (κ2) is 6.66. The molecule has 1 fully saturated rings. The summed E-state index contributed by atoms with van der Waals surface area (Å²) in [4.78, 5) is 2.36. The molecular weight excluding hydrogens is 255 g/mol. The predicted molar refractivity (Wildman–Crippen MR) is 78.8 cm³/mol. The average molecular weight is 280 g/mol. The van der Waals surface area contributed by atoms with Crippen LogP contribution < -0.4 is 5.73 Å². The maximum Gasteiger partial charge on any atom is 0.123 e.